The highest BCUT2D eigenvalue weighted by Crippen LogP contribution is 2.22. The molecule has 0 aliphatic carbocycles. The summed E-state index contributed by atoms with van der Waals surface area (Å²) in [5.74, 6) is -0.264. The van der Waals surface area contributed by atoms with Gasteiger partial charge in [-0.05, 0) is 40.3 Å². The van der Waals surface area contributed by atoms with Gasteiger partial charge in [0.25, 0.3) is 0 Å². The summed E-state index contributed by atoms with van der Waals surface area (Å²) in [6.45, 7) is 0.556. The number of nitrogens with zero attached hydrogens (tertiary/aromatic N) is 4. The minimum Gasteiger partial charge on any atom is -0.379 e. The standard InChI is InChI=1S/C14H11BrFN5/c15-12-7-11(16)6-5-10(12)8-17-13-3-1-2-4-14(13)21-9-18-19-20-21/h1-7,9,17H,8H2. The minimum absolute atomic E-state index is 0.264. The van der Waals surface area contributed by atoms with E-state index in [-0.39, 0.29) is 5.82 Å². The summed E-state index contributed by atoms with van der Waals surface area (Å²) in [5, 5.41) is 14.5. The van der Waals surface area contributed by atoms with Crippen molar-refractivity contribution in [2.45, 2.75) is 6.54 Å². The lowest BCUT2D eigenvalue weighted by atomic mass is 10.2. The van der Waals surface area contributed by atoms with E-state index in [1.54, 1.807) is 10.7 Å². The number of halogens is 2. The van der Waals surface area contributed by atoms with Gasteiger partial charge in [0, 0.05) is 11.0 Å². The zero-order valence-corrected chi connectivity index (χ0v) is 12.5. The Kier molecular flexibility index (Phi) is 3.92. The average Bonchev–Trinajstić information content (AvgIpc) is 3.01. The Morgan fingerprint density at radius 3 is 2.81 bits per heavy atom. The van der Waals surface area contributed by atoms with E-state index in [9.17, 15) is 4.39 Å². The van der Waals surface area contributed by atoms with Gasteiger partial charge in [0.1, 0.15) is 12.1 Å². The first-order chi connectivity index (χ1) is 10.2. The van der Waals surface area contributed by atoms with E-state index < -0.39 is 0 Å². The summed E-state index contributed by atoms with van der Waals surface area (Å²) < 4.78 is 15.4. The lowest BCUT2D eigenvalue weighted by Crippen LogP contribution is -2.05. The second kappa shape index (κ2) is 6.01. The number of benzene rings is 2. The third kappa shape index (κ3) is 3.08. The number of tetrazole rings is 1. The van der Waals surface area contributed by atoms with Crippen molar-refractivity contribution in [2.24, 2.45) is 0 Å². The van der Waals surface area contributed by atoms with Crippen LogP contribution in [0.3, 0.4) is 0 Å². The van der Waals surface area contributed by atoms with Crippen molar-refractivity contribution >= 4 is 21.6 Å². The van der Waals surface area contributed by atoms with Crippen LogP contribution in [-0.2, 0) is 6.54 Å². The van der Waals surface area contributed by atoms with Crippen LogP contribution in [0.5, 0.6) is 0 Å². The van der Waals surface area contributed by atoms with Crippen molar-refractivity contribution in [1.82, 2.24) is 20.2 Å². The fourth-order valence-electron chi connectivity index (χ4n) is 1.95. The van der Waals surface area contributed by atoms with Crippen LogP contribution in [0.1, 0.15) is 5.56 Å². The van der Waals surface area contributed by atoms with Gasteiger partial charge in [0.05, 0.1) is 11.4 Å². The van der Waals surface area contributed by atoms with Crippen LogP contribution < -0.4 is 5.32 Å². The zero-order chi connectivity index (χ0) is 14.7. The van der Waals surface area contributed by atoms with Gasteiger partial charge in [-0.25, -0.2) is 4.39 Å². The highest BCUT2D eigenvalue weighted by atomic mass is 79.9. The van der Waals surface area contributed by atoms with Crippen LogP contribution in [0.4, 0.5) is 10.1 Å². The van der Waals surface area contributed by atoms with Crippen LogP contribution >= 0.6 is 15.9 Å². The van der Waals surface area contributed by atoms with Gasteiger partial charge in [-0.2, -0.15) is 4.68 Å². The highest BCUT2D eigenvalue weighted by molar-refractivity contribution is 9.10. The largest absolute Gasteiger partial charge is 0.379 e. The molecule has 0 unspecified atom stereocenters. The van der Waals surface area contributed by atoms with Gasteiger partial charge in [0.15, 0.2) is 0 Å². The van der Waals surface area contributed by atoms with E-state index in [1.807, 2.05) is 24.3 Å². The molecule has 0 fully saturated rings. The molecular formula is C14H11BrFN5. The normalized spacial score (nSPS) is 10.6. The molecule has 0 amide bonds. The van der Waals surface area contributed by atoms with Crippen molar-refractivity contribution in [3.63, 3.8) is 0 Å². The van der Waals surface area contributed by atoms with E-state index in [2.05, 4.69) is 36.8 Å². The number of hydrogen-bond acceptors (Lipinski definition) is 4. The van der Waals surface area contributed by atoms with Crippen molar-refractivity contribution in [3.8, 4) is 5.69 Å². The lowest BCUT2D eigenvalue weighted by molar-refractivity contribution is 0.626. The third-order valence-corrected chi connectivity index (χ3v) is 3.72. The SMILES string of the molecule is Fc1ccc(CNc2ccccc2-n2cnnn2)c(Br)c1. The molecule has 5 nitrogen and oxygen atoms in total. The molecule has 0 aliphatic rings. The van der Waals surface area contributed by atoms with Gasteiger partial charge in [-0.1, -0.05) is 34.1 Å². The Bertz CT molecular complexity index is 745. The van der Waals surface area contributed by atoms with Crippen LogP contribution in [0.25, 0.3) is 5.69 Å². The first kappa shape index (κ1) is 13.7. The number of anilines is 1. The smallest absolute Gasteiger partial charge is 0.143 e. The number of para-hydroxylation sites is 2. The van der Waals surface area contributed by atoms with Gasteiger partial charge < -0.3 is 5.32 Å². The molecule has 0 saturated carbocycles. The fraction of sp³-hybridized carbons (Fsp3) is 0.0714. The van der Waals surface area contributed by atoms with Gasteiger partial charge >= 0.3 is 0 Å². The van der Waals surface area contributed by atoms with Crippen LogP contribution in [-0.4, -0.2) is 20.2 Å². The number of rotatable bonds is 4. The predicted molar refractivity (Wildman–Crippen MR) is 80.6 cm³/mol. The van der Waals surface area contributed by atoms with E-state index in [1.165, 1.54) is 18.5 Å². The molecule has 2 aromatic carbocycles. The summed E-state index contributed by atoms with van der Waals surface area (Å²) >= 11 is 3.36. The Morgan fingerprint density at radius 1 is 1.19 bits per heavy atom. The van der Waals surface area contributed by atoms with Gasteiger partial charge in [-0.3, -0.25) is 0 Å². The van der Waals surface area contributed by atoms with Crippen molar-refractivity contribution < 1.29 is 4.39 Å². The molecule has 0 spiro atoms. The molecule has 0 radical (unpaired) electrons. The fourth-order valence-corrected chi connectivity index (χ4v) is 2.44. The van der Waals surface area contributed by atoms with E-state index in [0.717, 1.165) is 21.4 Å². The molecule has 0 atom stereocenters. The first-order valence-electron chi connectivity index (χ1n) is 6.24. The second-order valence-electron chi connectivity index (χ2n) is 4.36. The number of hydrogen-bond donors (Lipinski definition) is 1. The summed E-state index contributed by atoms with van der Waals surface area (Å²) in [5.41, 5.74) is 2.70. The molecule has 7 heteroatoms. The van der Waals surface area contributed by atoms with Gasteiger partial charge in [0.2, 0.25) is 0 Å². The van der Waals surface area contributed by atoms with E-state index in [0.29, 0.717) is 6.54 Å². The first-order valence-corrected chi connectivity index (χ1v) is 7.03. The Labute approximate surface area is 128 Å². The summed E-state index contributed by atoms with van der Waals surface area (Å²) in [4.78, 5) is 0. The molecule has 3 aromatic rings. The summed E-state index contributed by atoms with van der Waals surface area (Å²) in [6.07, 6.45) is 1.54. The molecule has 0 saturated heterocycles. The predicted octanol–water partition coefficient (Wildman–Crippen LogP) is 3.18. The van der Waals surface area contributed by atoms with Crippen molar-refractivity contribution in [3.05, 3.63) is 64.6 Å². The monoisotopic (exact) mass is 347 g/mol. The van der Waals surface area contributed by atoms with Crippen LogP contribution in [0, 0.1) is 5.82 Å². The van der Waals surface area contributed by atoms with Crippen molar-refractivity contribution in [2.75, 3.05) is 5.32 Å². The Morgan fingerprint density at radius 2 is 2.05 bits per heavy atom. The lowest BCUT2D eigenvalue weighted by Gasteiger charge is -2.12. The summed E-state index contributed by atoms with van der Waals surface area (Å²) in [6, 6.07) is 12.3. The molecule has 0 aliphatic heterocycles. The number of aromatic nitrogens is 4. The molecule has 21 heavy (non-hydrogen) atoms. The van der Waals surface area contributed by atoms with E-state index >= 15 is 0 Å². The third-order valence-electron chi connectivity index (χ3n) is 2.98. The maximum absolute atomic E-state index is 13.1. The quantitative estimate of drug-likeness (QED) is 0.787. The second-order valence-corrected chi connectivity index (χ2v) is 5.22. The Hall–Kier alpha value is -2.28. The zero-order valence-electron chi connectivity index (χ0n) is 10.9. The molecule has 3 rings (SSSR count). The van der Waals surface area contributed by atoms with E-state index in [4.69, 9.17) is 0 Å². The summed E-state index contributed by atoms with van der Waals surface area (Å²) in [7, 11) is 0. The molecule has 1 aromatic heterocycles. The molecule has 1 N–H and O–H groups in total. The topological polar surface area (TPSA) is 55.6 Å². The van der Waals surface area contributed by atoms with Crippen molar-refractivity contribution in [1.29, 1.82) is 0 Å². The minimum atomic E-state index is -0.264. The highest BCUT2D eigenvalue weighted by Gasteiger charge is 2.06. The molecule has 1 heterocycles. The maximum Gasteiger partial charge on any atom is 0.143 e. The van der Waals surface area contributed by atoms with Crippen LogP contribution in [0.2, 0.25) is 0 Å². The molecule has 106 valence electrons. The molecule has 0 bridgehead atoms. The maximum atomic E-state index is 13.1. The van der Waals surface area contributed by atoms with Gasteiger partial charge in [-0.15, -0.1) is 5.10 Å². The Balaban J connectivity index is 1.83. The number of nitrogens with one attached hydrogen (secondary N) is 1. The molecular weight excluding hydrogens is 337 g/mol. The average molecular weight is 348 g/mol. The van der Waals surface area contributed by atoms with Crippen LogP contribution in [0.15, 0.2) is 53.3 Å².